The highest BCUT2D eigenvalue weighted by Gasteiger charge is 2.22. The number of carbonyl (C=O) groups is 2. The van der Waals surface area contributed by atoms with Gasteiger partial charge in [0.1, 0.15) is 0 Å². The number of nitrogens with one attached hydrogen (secondary N) is 1. The van der Waals surface area contributed by atoms with Crippen molar-refractivity contribution in [2.75, 3.05) is 0 Å². The molecule has 1 unspecified atom stereocenters. The van der Waals surface area contributed by atoms with Crippen molar-refractivity contribution in [1.82, 2.24) is 5.32 Å². The lowest BCUT2D eigenvalue weighted by molar-refractivity contribution is -0.121. The molecule has 0 aromatic heterocycles. The summed E-state index contributed by atoms with van der Waals surface area (Å²) in [7, 11) is 0. The second-order valence-electron chi connectivity index (χ2n) is 6.27. The number of hydrogen-bond donors (Lipinski definition) is 2. The van der Waals surface area contributed by atoms with Crippen LogP contribution in [0.2, 0.25) is 0 Å². The van der Waals surface area contributed by atoms with Crippen molar-refractivity contribution < 1.29 is 14.7 Å². The highest BCUT2D eigenvalue weighted by atomic mass is 16.4. The fourth-order valence-corrected chi connectivity index (χ4v) is 3.33. The Bertz CT molecular complexity index is 737. The van der Waals surface area contributed by atoms with Gasteiger partial charge in [0.15, 0.2) is 0 Å². The largest absolute Gasteiger partial charge is 0.478 e. The monoisotopic (exact) mass is 323 g/mol. The zero-order valence-electron chi connectivity index (χ0n) is 13.5. The lowest BCUT2D eigenvalue weighted by atomic mass is 9.81. The van der Waals surface area contributed by atoms with E-state index >= 15 is 0 Å². The standard InChI is InChI=1S/C20H21NO3/c22-19(21-13-14-8-10-16(11-9-14)20(23)24)12-17-6-3-5-15-4-1-2-7-18(15)17/h1-2,4,7-11,17H,3,5-6,12-13H2,(H,21,22)(H,23,24). The molecule has 2 N–H and O–H groups in total. The first-order valence-corrected chi connectivity index (χ1v) is 8.30. The molecule has 4 heteroatoms. The number of amides is 1. The molecule has 0 saturated carbocycles. The molecule has 2 aromatic carbocycles. The molecule has 1 aliphatic rings. The third-order valence-corrected chi connectivity index (χ3v) is 4.62. The van der Waals surface area contributed by atoms with Gasteiger partial charge in [0.25, 0.3) is 0 Å². The van der Waals surface area contributed by atoms with Crippen molar-refractivity contribution >= 4 is 11.9 Å². The first kappa shape index (κ1) is 16.2. The normalized spacial score (nSPS) is 16.2. The van der Waals surface area contributed by atoms with Crippen LogP contribution in [0.25, 0.3) is 0 Å². The number of fused-ring (bicyclic) bond motifs is 1. The number of hydrogen-bond acceptors (Lipinski definition) is 2. The topological polar surface area (TPSA) is 66.4 Å². The zero-order valence-corrected chi connectivity index (χ0v) is 13.5. The minimum atomic E-state index is -0.943. The van der Waals surface area contributed by atoms with Gasteiger partial charge in [-0.05, 0) is 54.0 Å². The maximum absolute atomic E-state index is 12.3. The van der Waals surface area contributed by atoms with Crippen LogP contribution < -0.4 is 5.32 Å². The van der Waals surface area contributed by atoms with Gasteiger partial charge in [-0.25, -0.2) is 4.79 Å². The summed E-state index contributed by atoms with van der Waals surface area (Å²) in [5, 5.41) is 11.8. The van der Waals surface area contributed by atoms with Crippen LogP contribution in [-0.4, -0.2) is 17.0 Å². The molecule has 0 aliphatic heterocycles. The van der Waals surface area contributed by atoms with Crippen LogP contribution in [0.1, 0.15) is 52.2 Å². The molecule has 0 saturated heterocycles. The van der Waals surface area contributed by atoms with E-state index in [-0.39, 0.29) is 11.5 Å². The average molecular weight is 323 g/mol. The lowest BCUT2D eigenvalue weighted by Gasteiger charge is -2.25. The molecule has 3 rings (SSSR count). The van der Waals surface area contributed by atoms with Crippen LogP contribution in [-0.2, 0) is 17.8 Å². The Hall–Kier alpha value is -2.62. The number of aromatic carboxylic acids is 1. The van der Waals surface area contributed by atoms with Gasteiger partial charge in [-0.3, -0.25) is 4.79 Å². The zero-order chi connectivity index (χ0) is 16.9. The van der Waals surface area contributed by atoms with Gasteiger partial charge >= 0.3 is 5.97 Å². The molecule has 0 heterocycles. The Morgan fingerprint density at radius 2 is 1.83 bits per heavy atom. The fourth-order valence-electron chi connectivity index (χ4n) is 3.33. The molecule has 0 spiro atoms. The highest BCUT2D eigenvalue weighted by molar-refractivity contribution is 5.87. The van der Waals surface area contributed by atoms with Crippen molar-refractivity contribution in [3.63, 3.8) is 0 Å². The first-order valence-electron chi connectivity index (χ1n) is 8.30. The summed E-state index contributed by atoms with van der Waals surface area (Å²) in [4.78, 5) is 23.1. The highest BCUT2D eigenvalue weighted by Crippen LogP contribution is 2.33. The molecular formula is C20H21NO3. The second-order valence-corrected chi connectivity index (χ2v) is 6.27. The summed E-state index contributed by atoms with van der Waals surface area (Å²) in [6.07, 6.45) is 3.79. The molecule has 4 nitrogen and oxygen atoms in total. The smallest absolute Gasteiger partial charge is 0.335 e. The van der Waals surface area contributed by atoms with E-state index < -0.39 is 5.97 Å². The molecule has 0 radical (unpaired) electrons. The molecule has 24 heavy (non-hydrogen) atoms. The maximum atomic E-state index is 12.3. The Morgan fingerprint density at radius 1 is 1.08 bits per heavy atom. The minimum Gasteiger partial charge on any atom is -0.478 e. The van der Waals surface area contributed by atoms with E-state index in [2.05, 4.69) is 23.5 Å². The lowest BCUT2D eigenvalue weighted by Crippen LogP contribution is -2.25. The van der Waals surface area contributed by atoms with E-state index in [1.807, 2.05) is 6.07 Å². The second kappa shape index (κ2) is 7.30. The molecule has 0 fully saturated rings. The van der Waals surface area contributed by atoms with Crippen LogP contribution >= 0.6 is 0 Å². The maximum Gasteiger partial charge on any atom is 0.335 e. The molecule has 1 atom stereocenters. The molecular weight excluding hydrogens is 302 g/mol. The minimum absolute atomic E-state index is 0.0408. The van der Waals surface area contributed by atoms with E-state index in [1.165, 1.54) is 11.1 Å². The molecule has 1 amide bonds. The van der Waals surface area contributed by atoms with Crippen molar-refractivity contribution in [2.24, 2.45) is 0 Å². The van der Waals surface area contributed by atoms with E-state index in [0.717, 1.165) is 24.8 Å². The number of rotatable bonds is 5. The quantitative estimate of drug-likeness (QED) is 0.885. The number of aryl methyl sites for hydroxylation is 1. The average Bonchev–Trinajstić information content (AvgIpc) is 2.61. The van der Waals surface area contributed by atoms with Gasteiger partial charge in [-0.1, -0.05) is 36.4 Å². The number of benzene rings is 2. The van der Waals surface area contributed by atoms with E-state index in [1.54, 1.807) is 24.3 Å². The molecule has 0 bridgehead atoms. The van der Waals surface area contributed by atoms with Gasteiger partial charge < -0.3 is 10.4 Å². The summed E-state index contributed by atoms with van der Waals surface area (Å²) in [5.74, 6) is -0.607. The van der Waals surface area contributed by atoms with E-state index in [9.17, 15) is 9.59 Å². The predicted molar refractivity (Wildman–Crippen MR) is 92.0 cm³/mol. The Kier molecular flexibility index (Phi) is 4.94. The number of carboxylic acids is 1. The van der Waals surface area contributed by atoms with Crippen LogP contribution in [0.5, 0.6) is 0 Å². The van der Waals surface area contributed by atoms with Crippen LogP contribution in [0, 0.1) is 0 Å². The first-order chi connectivity index (χ1) is 11.6. The van der Waals surface area contributed by atoms with Gasteiger partial charge in [-0.15, -0.1) is 0 Å². The Labute approximate surface area is 141 Å². The van der Waals surface area contributed by atoms with Crippen molar-refractivity contribution in [2.45, 2.75) is 38.1 Å². The van der Waals surface area contributed by atoms with Gasteiger partial charge in [-0.2, -0.15) is 0 Å². The van der Waals surface area contributed by atoms with Crippen molar-refractivity contribution in [3.05, 3.63) is 70.8 Å². The van der Waals surface area contributed by atoms with Gasteiger partial charge in [0, 0.05) is 13.0 Å². The molecule has 1 aliphatic carbocycles. The predicted octanol–water partition coefficient (Wildman–Crippen LogP) is 3.51. The summed E-state index contributed by atoms with van der Waals surface area (Å²) < 4.78 is 0. The molecule has 124 valence electrons. The van der Waals surface area contributed by atoms with E-state index in [4.69, 9.17) is 5.11 Å². The summed E-state index contributed by atoms with van der Waals surface area (Å²) in [5.41, 5.74) is 3.83. The van der Waals surface area contributed by atoms with Gasteiger partial charge in [0.2, 0.25) is 5.91 Å². The molecule has 2 aromatic rings. The van der Waals surface area contributed by atoms with Crippen molar-refractivity contribution in [3.8, 4) is 0 Å². The Balaban J connectivity index is 1.56. The van der Waals surface area contributed by atoms with Crippen LogP contribution in [0.3, 0.4) is 0 Å². The van der Waals surface area contributed by atoms with Gasteiger partial charge in [0.05, 0.1) is 5.56 Å². The fraction of sp³-hybridized carbons (Fsp3) is 0.300. The van der Waals surface area contributed by atoms with E-state index in [0.29, 0.717) is 18.9 Å². The number of carboxylic acid groups (broad SMARTS) is 1. The van der Waals surface area contributed by atoms with Crippen molar-refractivity contribution in [1.29, 1.82) is 0 Å². The third-order valence-electron chi connectivity index (χ3n) is 4.62. The van der Waals surface area contributed by atoms with Crippen LogP contribution in [0.15, 0.2) is 48.5 Å². The summed E-state index contributed by atoms with van der Waals surface area (Å²) in [6.45, 7) is 0.424. The van der Waals surface area contributed by atoms with Crippen LogP contribution in [0.4, 0.5) is 0 Å². The Morgan fingerprint density at radius 3 is 2.58 bits per heavy atom. The summed E-state index contributed by atoms with van der Waals surface area (Å²) in [6, 6.07) is 15.0. The summed E-state index contributed by atoms with van der Waals surface area (Å²) >= 11 is 0. The number of carbonyl (C=O) groups excluding carboxylic acids is 1. The SMILES string of the molecule is O=C(CC1CCCc2ccccc21)NCc1ccc(C(=O)O)cc1. The third kappa shape index (κ3) is 3.82.